The Kier molecular flexibility index (Phi) is 4.16. The first-order valence-corrected chi connectivity index (χ1v) is 6.41. The van der Waals surface area contributed by atoms with E-state index in [1.54, 1.807) is 4.90 Å². The zero-order chi connectivity index (χ0) is 14.7. The maximum atomic E-state index is 13.4. The molecule has 0 aromatic heterocycles. The second kappa shape index (κ2) is 5.85. The molecule has 0 spiro atoms. The SMILES string of the molecule is O=C(O)CC1CCCCN1c1cc(F)ccc1[N+](=O)[O-]. The van der Waals surface area contributed by atoms with Gasteiger partial charge in [-0.25, -0.2) is 4.39 Å². The predicted molar refractivity (Wildman–Crippen MR) is 70.3 cm³/mol. The van der Waals surface area contributed by atoms with E-state index in [-0.39, 0.29) is 23.8 Å². The van der Waals surface area contributed by atoms with Crippen LogP contribution in [0.5, 0.6) is 0 Å². The number of halogens is 1. The van der Waals surface area contributed by atoms with Crippen LogP contribution in [0.4, 0.5) is 15.8 Å². The van der Waals surface area contributed by atoms with Crippen LogP contribution in [0.15, 0.2) is 18.2 Å². The van der Waals surface area contributed by atoms with Gasteiger partial charge in [-0.3, -0.25) is 14.9 Å². The Morgan fingerprint density at radius 2 is 2.25 bits per heavy atom. The molecule has 1 fully saturated rings. The molecular weight excluding hydrogens is 267 g/mol. The van der Waals surface area contributed by atoms with Gasteiger partial charge in [-0.15, -0.1) is 0 Å². The molecular formula is C13H15FN2O4. The van der Waals surface area contributed by atoms with Crippen molar-refractivity contribution in [2.24, 2.45) is 0 Å². The fourth-order valence-corrected chi connectivity index (χ4v) is 2.61. The third-order valence-electron chi connectivity index (χ3n) is 3.48. The number of carboxylic acid groups (broad SMARTS) is 1. The molecule has 2 rings (SSSR count). The molecule has 1 aromatic rings. The first-order chi connectivity index (χ1) is 9.49. The Labute approximate surface area is 115 Å². The Morgan fingerprint density at radius 3 is 2.90 bits per heavy atom. The van der Waals surface area contributed by atoms with E-state index in [2.05, 4.69) is 0 Å². The van der Waals surface area contributed by atoms with Crippen molar-refractivity contribution in [1.82, 2.24) is 0 Å². The van der Waals surface area contributed by atoms with Gasteiger partial charge in [0.2, 0.25) is 0 Å². The summed E-state index contributed by atoms with van der Waals surface area (Å²) in [5, 5.41) is 20.0. The van der Waals surface area contributed by atoms with Crippen molar-refractivity contribution in [3.8, 4) is 0 Å². The van der Waals surface area contributed by atoms with E-state index in [9.17, 15) is 19.3 Å². The molecule has 1 unspecified atom stereocenters. The van der Waals surface area contributed by atoms with E-state index in [4.69, 9.17) is 5.11 Å². The topological polar surface area (TPSA) is 83.7 Å². The van der Waals surface area contributed by atoms with E-state index in [0.717, 1.165) is 31.0 Å². The monoisotopic (exact) mass is 282 g/mol. The Hall–Kier alpha value is -2.18. The van der Waals surface area contributed by atoms with Crippen LogP contribution in [0.1, 0.15) is 25.7 Å². The summed E-state index contributed by atoms with van der Waals surface area (Å²) >= 11 is 0. The van der Waals surface area contributed by atoms with Crippen LogP contribution in [0.25, 0.3) is 0 Å². The zero-order valence-corrected chi connectivity index (χ0v) is 10.8. The molecule has 108 valence electrons. The number of piperidine rings is 1. The normalized spacial score (nSPS) is 18.9. The molecule has 1 saturated heterocycles. The number of hydrogen-bond acceptors (Lipinski definition) is 4. The highest BCUT2D eigenvalue weighted by Gasteiger charge is 2.29. The number of benzene rings is 1. The quantitative estimate of drug-likeness (QED) is 0.677. The van der Waals surface area contributed by atoms with Crippen molar-refractivity contribution < 1.29 is 19.2 Å². The lowest BCUT2D eigenvalue weighted by atomic mass is 9.98. The van der Waals surface area contributed by atoms with E-state index < -0.39 is 16.7 Å². The summed E-state index contributed by atoms with van der Waals surface area (Å²) < 4.78 is 13.4. The number of anilines is 1. The fraction of sp³-hybridized carbons (Fsp3) is 0.462. The first kappa shape index (κ1) is 14.2. The van der Waals surface area contributed by atoms with Gasteiger partial charge in [-0.2, -0.15) is 0 Å². The smallest absolute Gasteiger partial charge is 0.305 e. The highest BCUT2D eigenvalue weighted by Crippen LogP contribution is 2.34. The molecule has 0 saturated carbocycles. The number of rotatable bonds is 4. The molecule has 6 nitrogen and oxygen atoms in total. The average Bonchev–Trinajstić information content (AvgIpc) is 2.38. The van der Waals surface area contributed by atoms with Crippen LogP contribution in [0.3, 0.4) is 0 Å². The average molecular weight is 282 g/mol. The molecule has 20 heavy (non-hydrogen) atoms. The van der Waals surface area contributed by atoms with E-state index in [0.29, 0.717) is 13.0 Å². The third kappa shape index (κ3) is 3.04. The van der Waals surface area contributed by atoms with E-state index >= 15 is 0 Å². The highest BCUT2D eigenvalue weighted by molar-refractivity contribution is 5.70. The number of carbonyl (C=O) groups is 1. The third-order valence-corrected chi connectivity index (χ3v) is 3.48. The summed E-state index contributed by atoms with van der Waals surface area (Å²) in [5.74, 6) is -1.52. The second-order valence-electron chi connectivity index (χ2n) is 4.83. The minimum absolute atomic E-state index is 0.104. The van der Waals surface area contributed by atoms with Gasteiger partial charge in [-0.05, 0) is 25.3 Å². The largest absolute Gasteiger partial charge is 0.481 e. The van der Waals surface area contributed by atoms with Crippen LogP contribution >= 0.6 is 0 Å². The minimum atomic E-state index is -0.957. The number of nitrogens with zero attached hydrogens (tertiary/aromatic N) is 2. The Morgan fingerprint density at radius 1 is 1.50 bits per heavy atom. The maximum absolute atomic E-state index is 13.4. The number of carboxylic acids is 1. The molecule has 0 radical (unpaired) electrons. The minimum Gasteiger partial charge on any atom is -0.481 e. The maximum Gasteiger partial charge on any atom is 0.305 e. The van der Waals surface area contributed by atoms with Crippen molar-refractivity contribution in [3.63, 3.8) is 0 Å². The van der Waals surface area contributed by atoms with Gasteiger partial charge in [0.15, 0.2) is 0 Å². The van der Waals surface area contributed by atoms with Crippen LogP contribution in [0.2, 0.25) is 0 Å². The van der Waals surface area contributed by atoms with Crippen LogP contribution < -0.4 is 4.90 Å². The van der Waals surface area contributed by atoms with Gasteiger partial charge < -0.3 is 10.0 Å². The van der Waals surface area contributed by atoms with Crippen molar-refractivity contribution in [3.05, 3.63) is 34.1 Å². The van der Waals surface area contributed by atoms with Gasteiger partial charge >= 0.3 is 5.97 Å². The summed E-state index contributed by atoms with van der Waals surface area (Å²) in [4.78, 5) is 23.0. The summed E-state index contributed by atoms with van der Waals surface area (Å²) in [6.45, 7) is 0.502. The number of nitro groups is 1. The van der Waals surface area contributed by atoms with Crippen molar-refractivity contribution in [2.45, 2.75) is 31.7 Å². The summed E-state index contributed by atoms with van der Waals surface area (Å²) in [5.41, 5.74) is -0.0235. The summed E-state index contributed by atoms with van der Waals surface area (Å²) in [6, 6.07) is 2.94. The second-order valence-corrected chi connectivity index (χ2v) is 4.83. The summed E-state index contributed by atoms with van der Waals surface area (Å²) in [7, 11) is 0. The van der Waals surface area contributed by atoms with Gasteiger partial charge in [0.1, 0.15) is 11.5 Å². The van der Waals surface area contributed by atoms with E-state index in [1.165, 1.54) is 0 Å². The van der Waals surface area contributed by atoms with E-state index in [1.807, 2.05) is 0 Å². The lowest BCUT2D eigenvalue weighted by Crippen LogP contribution is -2.41. The van der Waals surface area contributed by atoms with Gasteiger partial charge in [0.05, 0.1) is 11.3 Å². The molecule has 1 aromatic carbocycles. The Bertz CT molecular complexity index is 535. The molecule has 1 N–H and O–H groups in total. The van der Waals surface area contributed by atoms with Crippen LogP contribution in [0, 0.1) is 15.9 Å². The fourth-order valence-electron chi connectivity index (χ4n) is 2.61. The molecule has 1 atom stereocenters. The number of nitro benzene ring substituents is 1. The summed E-state index contributed by atoms with van der Waals surface area (Å²) in [6.07, 6.45) is 2.22. The van der Waals surface area contributed by atoms with Gasteiger partial charge in [0, 0.05) is 24.7 Å². The Balaban J connectivity index is 2.38. The first-order valence-electron chi connectivity index (χ1n) is 6.41. The molecule has 0 aliphatic carbocycles. The lowest BCUT2D eigenvalue weighted by Gasteiger charge is -2.36. The van der Waals surface area contributed by atoms with Crippen LogP contribution in [-0.2, 0) is 4.79 Å². The van der Waals surface area contributed by atoms with Crippen LogP contribution in [-0.4, -0.2) is 28.6 Å². The molecule has 1 heterocycles. The standard InChI is InChI=1S/C13H15FN2O4/c14-9-4-5-11(16(19)20)12(7-9)15-6-2-1-3-10(15)8-13(17)18/h4-5,7,10H,1-3,6,8H2,(H,17,18). The lowest BCUT2D eigenvalue weighted by molar-refractivity contribution is -0.384. The molecule has 0 amide bonds. The molecule has 7 heteroatoms. The predicted octanol–water partition coefficient (Wildman–Crippen LogP) is 2.57. The number of aliphatic carboxylic acids is 1. The molecule has 1 aliphatic rings. The van der Waals surface area contributed by atoms with Crippen molar-refractivity contribution in [2.75, 3.05) is 11.4 Å². The highest BCUT2D eigenvalue weighted by atomic mass is 19.1. The van der Waals surface area contributed by atoms with Crippen molar-refractivity contribution >= 4 is 17.3 Å². The van der Waals surface area contributed by atoms with Crippen molar-refractivity contribution in [1.29, 1.82) is 0 Å². The number of hydrogen-bond donors (Lipinski definition) is 1. The zero-order valence-electron chi connectivity index (χ0n) is 10.8. The van der Waals surface area contributed by atoms with Gasteiger partial charge in [0.25, 0.3) is 5.69 Å². The molecule has 1 aliphatic heterocycles. The van der Waals surface area contributed by atoms with Gasteiger partial charge in [-0.1, -0.05) is 0 Å². The molecule has 0 bridgehead atoms.